The van der Waals surface area contributed by atoms with Crippen LogP contribution in [-0.4, -0.2) is 83.1 Å². The van der Waals surface area contributed by atoms with Gasteiger partial charge in [-0.05, 0) is 49.1 Å². The Bertz CT molecular complexity index is 1250. The number of anilines is 1. The van der Waals surface area contributed by atoms with Crippen LogP contribution in [0.4, 0.5) is 10.3 Å². The molecule has 2 aliphatic heterocycles. The van der Waals surface area contributed by atoms with Crippen molar-refractivity contribution in [2.75, 3.05) is 51.4 Å². The summed E-state index contributed by atoms with van der Waals surface area (Å²) in [7, 11) is 0. The van der Waals surface area contributed by atoms with Gasteiger partial charge in [-0.1, -0.05) is 0 Å². The lowest BCUT2D eigenvalue weighted by molar-refractivity contribution is -0.205. The summed E-state index contributed by atoms with van der Waals surface area (Å²) in [6.07, 6.45) is 4.01. The van der Waals surface area contributed by atoms with E-state index in [1.807, 2.05) is 11.0 Å². The lowest BCUT2D eigenvalue weighted by atomic mass is 10.1. The van der Waals surface area contributed by atoms with Crippen LogP contribution in [0.2, 0.25) is 0 Å². The molecule has 0 spiro atoms. The van der Waals surface area contributed by atoms with E-state index in [1.165, 1.54) is 25.0 Å². The van der Waals surface area contributed by atoms with Crippen molar-refractivity contribution < 1.29 is 23.4 Å². The number of aromatic amines is 1. The van der Waals surface area contributed by atoms with Crippen LogP contribution in [0.5, 0.6) is 0 Å². The number of carbonyl (C=O) groups is 1. The minimum Gasteiger partial charge on any atom is -0.378 e. The van der Waals surface area contributed by atoms with Crippen LogP contribution in [0.3, 0.4) is 0 Å². The van der Waals surface area contributed by atoms with E-state index in [2.05, 4.69) is 15.3 Å². The highest BCUT2D eigenvalue weighted by Gasteiger charge is 2.32. The van der Waals surface area contributed by atoms with Crippen LogP contribution >= 0.6 is 0 Å². The first-order chi connectivity index (χ1) is 18.6. The fourth-order valence-corrected chi connectivity index (χ4v) is 4.67. The maximum absolute atomic E-state index is 13.6. The molecule has 3 aliphatic rings. The molecule has 4 heterocycles. The van der Waals surface area contributed by atoms with Gasteiger partial charge in [0.05, 0.1) is 55.8 Å². The fourth-order valence-electron chi connectivity index (χ4n) is 4.67. The molecule has 1 amide bonds. The number of carbonyl (C=O) groups excluding carboxylic acids is 1. The maximum Gasteiger partial charge on any atom is 0.230 e. The lowest BCUT2D eigenvalue weighted by Crippen LogP contribution is -2.48. The van der Waals surface area contributed by atoms with Gasteiger partial charge >= 0.3 is 0 Å². The summed E-state index contributed by atoms with van der Waals surface area (Å²) in [5.74, 6) is 1.30. The van der Waals surface area contributed by atoms with Crippen molar-refractivity contribution in [2.45, 2.75) is 25.6 Å². The smallest absolute Gasteiger partial charge is 0.230 e. The minimum absolute atomic E-state index is 0.0421. The summed E-state index contributed by atoms with van der Waals surface area (Å²) in [4.78, 5) is 31.8. The third kappa shape index (κ3) is 5.85. The van der Waals surface area contributed by atoms with E-state index >= 15 is 0 Å². The van der Waals surface area contributed by atoms with Gasteiger partial charge in [-0.15, -0.1) is 0 Å². The molecule has 2 aromatic heterocycles. The number of hydrogen-bond donors (Lipinski definition) is 2. The number of aromatic nitrogens is 4. The zero-order valence-corrected chi connectivity index (χ0v) is 21.1. The van der Waals surface area contributed by atoms with Gasteiger partial charge in [0.2, 0.25) is 11.9 Å². The van der Waals surface area contributed by atoms with Crippen LogP contribution < -0.4 is 5.32 Å². The zero-order valence-electron chi connectivity index (χ0n) is 21.1. The third-order valence-electron chi connectivity index (χ3n) is 7.03. The molecule has 1 aromatic carbocycles. The first-order valence-corrected chi connectivity index (χ1v) is 13.1. The summed E-state index contributed by atoms with van der Waals surface area (Å²) in [5.41, 5.74) is 2.80. The first kappa shape index (κ1) is 24.9. The molecule has 1 aliphatic carbocycles. The summed E-state index contributed by atoms with van der Waals surface area (Å²) >= 11 is 0. The summed E-state index contributed by atoms with van der Waals surface area (Å²) in [5, 5.41) is 3.31. The van der Waals surface area contributed by atoms with Gasteiger partial charge in [0.15, 0.2) is 6.29 Å². The second-order valence-corrected chi connectivity index (χ2v) is 9.94. The van der Waals surface area contributed by atoms with Crippen LogP contribution in [0, 0.1) is 17.7 Å². The summed E-state index contributed by atoms with van der Waals surface area (Å²) in [6, 6.07) is 8.04. The number of nitrogens with zero attached hydrogens (tertiary/aromatic N) is 4. The molecule has 3 fully saturated rings. The maximum atomic E-state index is 13.6. The van der Waals surface area contributed by atoms with Gasteiger partial charge in [0, 0.05) is 31.4 Å². The number of amides is 1. The second-order valence-electron chi connectivity index (χ2n) is 9.94. The van der Waals surface area contributed by atoms with Gasteiger partial charge in [-0.25, -0.2) is 19.3 Å². The molecule has 6 rings (SSSR count). The number of morpholine rings is 1. The molecule has 2 N–H and O–H groups in total. The molecule has 200 valence electrons. The molecule has 3 aromatic rings. The van der Waals surface area contributed by atoms with Crippen molar-refractivity contribution in [3.63, 3.8) is 0 Å². The summed E-state index contributed by atoms with van der Waals surface area (Å²) in [6.45, 7) is 3.76. The quantitative estimate of drug-likeness (QED) is 0.464. The third-order valence-corrected chi connectivity index (χ3v) is 7.03. The normalized spacial score (nSPS) is 21.9. The number of rotatable bonds is 8. The molecular weight excluding hydrogens is 491 g/mol. The van der Waals surface area contributed by atoms with Gasteiger partial charge in [0.1, 0.15) is 11.6 Å². The van der Waals surface area contributed by atoms with E-state index in [1.54, 1.807) is 18.3 Å². The molecular formula is C27H31FN6O4. The second kappa shape index (κ2) is 11.1. The molecule has 2 saturated heterocycles. The molecule has 0 radical (unpaired) electrons. The number of halogens is 1. The topological polar surface area (TPSA) is 114 Å². The van der Waals surface area contributed by atoms with Crippen LogP contribution in [0.25, 0.3) is 22.6 Å². The Labute approximate surface area is 219 Å². The van der Waals surface area contributed by atoms with Crippen molar-refractivity contribution in [3.8, 4) is 22.6 Å². The Morgan fingerprint density at radius 2 is 1.84 bits per heavy atom. The Morgan fingerprint density at radius 1 is 1.08 bits per heavy atom. The molecule has 0 bridgehead atoms. The van der Waals surface area contributed by atoms with Gasteiger partial charge in [-0.2, -0.15) is 0 Å². The van der Waals surface area contributed by atoms with E-state index in [0.29, 0.717) is 80.7 Å². The largest absolute Gasteiger partial charge is 0.378 e. The number of hydrogen-bond acceptors (Lipinski definition) is 8. The van der Waals surface area contributed by atoms with E-state index in [4.69, 9.17) is 24.2 Å². The van der Waals surface area contributed by atoms with Gasteiger partial charge in [0.25, 0.3) is 0 Å². The fraction of sp³-hybridized carbons (Fsp3) is 0.481. The Balaban J connectivity index is 1.18. The molecule has 0 unspecified atom stereocenters. The van der Waals surface area contributed by atoms with Crippen molar-refractivity contribution in [2.24, 2.45) is 11.8 Å². The highest BCUT2D eigenvalue weighted by molar-refractivity contribution is 5.79. The Kier molecular flexibility index (Phi) is 7.30. The first-order valence-electron chi connectivity index (χ1n) is 13.1. The average molecular weight is 523 g/mol. The number of nitrogens with one attached hydrogen (secondary N) is 2. The van der Waals surface area contributed by atoms with Crippen molar-refractivity contribution in [3.05, 3.63) is 48.2 Å². The average Bonchev–Trinajstić information content (AvgIpc) is 3.71. The summed E-state index contributed by atoms with van der Waals surface area (Å²) < 4.78 is 30.8. The van der Waals surface area contributed by atoms with E-state index in [9.17, 15) is 9.18 Å². The van der Waals surface area contributed by atoms with Crippen molar-refractivity contribution in [1.82, 2.24) is 24.8 Å². The number of benzene rings is 1. The SMILES string of the molecule is O=C(C1COC(Cc2nc(-c3ccc(F)cc3)c(-c3ccnc(NCC4CC4)n3)[nH]2)OC1)N1CCOCC1. The van der Waals surface area contributed by atoms with Gasteiger partial charge in [-0.3, -0.25) is 4.79 Å². The molecule has 0 atom stereocenters. The standard InChI is InChI=1S/C27H31FN6O4/c28-20-5-3-18(4-6-20)24-25(21-7-8-29-27(31-21)30-14-17-1-2-17)33-22(32-24)13-23-37-15-19(16-38-23)26(35)34-9-11-36-12-10-34/h3-8,17,19,23H,1-2,9-16H2,(H,32,33)(H,29,30,31). The van der Waals surface area contributed by atoms with E-state index in [0.717, 1.165) is 12.1 Å². The van der Waals surface area contributed by atoms with Gasteiger partial charge < -0.3 is 29.4 Å². The van der Waals surface area contributed by atoms with E-state index < -0.39 is 6.29 Å². The van der Waals surface area contributed by atoms with Crippen LogP contribution in [0.15, 0.2) is 36.5 Å². The lowest BCUT2D eigenvalue weighted by Gasteiger charge is -2.33. The number of imidazole rings is 1. The van der Waals surface area contributed by atoms with Crippen molar-refractivity contribution in [1.29, 1.82) is 0 Å². The predicted octanol–water partition coefficient (Wildman–Crippen LogP) is 2.89. The minimum atomic E-state index is -0.537. The number of ether oxygens (including phenoxy) is 3. The van der Waals surface area contributed by atoms with E-state index in [-0.39, 0.29) is 17.6 Å². The highest BCUT2D eigenvalue weighted by Crippen LogP contribution is 2.31. The van der Waals surface area contributed by atoms with Crippen LogP contribution in [0.1, 0.15) is 18.7 Å². The molecule has 10 nitrogen and oxygen atoms in total. The van der Waals surface area contributed by atoms with Crippen LogP contribution in [-0.2, 0) is 25.4 Å². The molecule has 38 heavy (non-hydrogen) atoms. The van der Waals surface area contributed by atoms with Crippen molar-refractivity contribution >= 4 is 11.9 Å². The zero-order chi connectivity index (χ0) is 25.9. The monoisotopic (exact) mass is 522 g/mol. The molecule has 1 saturated carbocycles. The molecule has 11 heteroatoms. The Morgan fingerprint density at radius 3 is 2.58 bits per heavy atom. The number of H-pyrrole nitrogens is 1. The predicted molar refractivity (Wildman–Crippen MR) is 137 cm³/mol. The highest BCUT2D eigenvalue weighted by atomic mass is 19.1. The Hall–Kier alpha value is -3.41.